The van der Waals surface area contributed by atoms with Gasteiger partial charge in [-0.1, -0.05) is 36.4 Å². The van der Waals surface area contributed by atoms with Crippen LogP contribution in [-0.2, 0) is 13.1 Å². The van der Waals surface area contributed by atoms with Crippen LogP contribution in [0.4, 0.5) is 0 Å². The summed E-state index contributed by atoms with van der Waals surface area (Å²) in [6.07, 6.45) is 1.70. The largest absolute Gasteiger partial charge is 0.468 e. The van der Waals surface area contributed by atoms with Gasteiger partial charge in [0.05, 0.1) is 12.8 Å². The molecule has 18 heavy (non-hydrogen) atoms. The van der Waals surface area contributed by atoms with Gasteiger partial charge in [0.25, 0.3) is 0 Å². The van der Waals surface area contributed by atoms with E-state index in [0.717, 1.165) is 18.8 Å². The maximum Gasteiger partial charge on any atom is 0.117 e. The van der Waals surface area contributed by atoms with Crippen LogP contribution in [0.3, 0.4) is 0 Å². The molecule has 2 aromatic carbocycles. The molecule has 0 atom stereocenters. The standard InChI is InChI=1S/C16H15NO/c1-2-5-15-10-13(7-8-14(15)4-1)11-17-12-16-6-3-9-18-16/h1-10,17H,11-12H2. The Morgan fingerprint density at radius 2 is 1.72 bits per heavy atom. The van der Waals surface area contributed by atoms with Gasteiger partial charge < -0.3 is 9.73 Å². The fourth-order valence-corrected chi connectivity index (χ4v) is 2.09. The molecule has 0 saturated heterocycles. The molecule has 0 fully saturated rings. The van der Waals surface area contributed by atoms with E-state index in [4.69, 9.17) is 4.42 Å². The highest BCUT2D eigenvalue weighted by Gasteiger charge is 1.98. The van der Waals surface area contributed by atoms with Gasteiger partial charge in [-0.15, -0.1) is 0 Å². The lowest BCUT2D eigenvalue weighted by molar-refractivity contribution is 0.483. The van der Waals surface area contributed by atoms with Crippen molar-refractivity contribution < 1.29 is 4.42 Å². The van der Waals surface area contributed by atoms with Gasteiger partial charge in [0.1, 0.15) is 5.76 Å². The van der Waals surface area contributed by atoms with Crippen LogP contribution in [-0.4, -0.2) is 0 Å². The van der Waals surface area contributed by atoms with Crippen molar-refractivity contribution in [2.45, 2.75) is 13.1 Å². The van der Waals surface area contributed by atoms with Gasteiger partial charge in [-0.25, -0.2) is 0 Å². The molecule has 0 aliphatic heterocycles. The third-order valence-electron chi connectivity index (χ3n) is 3.02. The minimum absolute atomic E-state index is 0.764. The Bertz CT molecular complexity index is 628. The lowest BCUT2D eigenvalue weighted by atomic mass is 10.1. The van der Waals surface area contributed by atoms with Gasteiger partial charge >= 0.3 is 0 Å². The molecule has 1 N–H and O–H groups in total. The van der Waals surface area contributed by atoms with Crippen LogP contribution < -0.4 is 5.32 Å². The van der Waals surface area contributed by atoms with E-state index < -0.39 is 0 Å². The molecule has 0 aliphatic carbocycles. The van der Waals surface area contributed by atoms with Crippen molar-refractivity contribution in [3.63, 3.8) is 0 Å². The third kappa shape index (κ3) is 2.44. The van der Waals surface area contributed by atoms with Gasteiger partial charge in [0.15, 0.2) is 0 Å². The number of hydrogen-bond donors (Lipinski definition) is 1. The van der Waals surface area contributed by atoms with Crippen molar-refractivity contribution in [1.82, 2.24) is 5.32 Å². The van der Waals surface area contributed by atoms with Crippen LogP contribution in [0.1, 0.15) is 11.3 Å². The van der Waals surface area contributed by atoms with E-state index in [1.165, 1.54) is 16.3 Å². The predicted octanol–water partition coefficient (Wildman–Crippen LogP) is 3.72. The van der Waals surface area contributed by atoms with E-state index in [1.54, 1.807) is 6.26 Å². The lowest BCUT2D eigenvalue weighted by Gasteiger charge is -2.05. The van der Waals surface area contributed by atoms with Crippen LogP contribution in [0.5, 0.6) is 0 Å². The number of hydrogen-bond acceptors (Lipinski definition) is 2. The highest BCUT2D eigenvalue weighted by atomic mass is 16.3. The van der Waals surface area contributed by atoms with E-state index in [1.807, 2.05) is 12.1 Å². The van der Waals surface area contributed by atoms with Gasteiger partial charge in [0, 0.05) is 6.54 Å². The van der Waals surface area contributed by atoms with E-state index in [2.05, 4.69) is 47.8 Å². The number of benzene rings is 2. The topological polar surface area (TPSA) is 25.2 Å². The molecule has 90 valence electrons. The van der Waals surface area contributed by atoms with E-state index >= 15 is 0 Å². The Morgan fingerprint density at radius 1 is 0.833 bits per heavy atom. The summed E-state index contributed by atoms with van der Waals surface area (Å²) in [6.45, 7) is 1.62. The first-order valence-electron chi connectivity index (χ1n) is 6.12. The number of nitrogens with one attached hydrogen (secondary N) is 1. The van der Waals surface area contributed by atoms with Crippen molar-refractivity contribution in [3.05, 3.63) is 72.2 Å². The van der Waals surface area contributed by atoms with Crippen LogP contribution in [0.25, 0.3) is 10.8 Å². The second-order valence-electron chi connectivity index (χ2n) is 4.36. The van der Waals surface area contributed by atoms with Crippen molar-refractivity contribution in [3.8, 4) is 0 Å². The van der Waals surface area contributed by atoms with Gasteiger partial charge in [0.2, 0.25) is 0 Å². The zero-order valence-corrected chi connectivity index (χ0v) is 10.1. The predicted molar refractivity (Wildman–Crippen MR) is 73.2 cm³/mol. The molecule has 0 radical (unpaired) electrons. The Kier molecular flexibility index (Phi) is 3.11. The second-order valence-corrected chi connectivity index (χ2v) is 4.36. The monoisotopic (exact) mass is 237 g/mol. The summed E-state index contributed by atoms with van der Waals surface area (Å²) in [7, 11) is 0. The summed E-state index contributed by atoms with van der Waals surface area (Å²) >= 11 is 0. The van der Waals surface area contributed by atoms with Crippen molar-refractivity contribution in [2.75, 3.05) is 0 Å². The molecule has 0 bridgehead atoms. The summed E-state index contributed by atoms with van der Waals surface area (Å²) in [5, 5.41) is 5.95. The minimum Gasteiger partial charge on any atom is -0.468 e. The van der Waals surface area contributed by atoms with Crippen LogP contribution >= 0.6 is 0 Å². The molecule has 0 amide bonds. The summed E-state index contributed by atoms with van der Waals surface area (Å²) in [6, 6.07) is 18.9. The van der Waals surface area contributed by atoms with Crippen molar-refractivity contribution >= 4 is 10.8 Å². The molecule has 0 aliphatic rings. The molecule has 3 aromatic rings. The maximum atomic E-state index is 5.28. The second kappa shape index (κ2) is 5.07. The fraction of sp³-hybridized carbons (Fsp3) is 0.125. The van der Waals surface area contributed by atoms with Gasteiger partial charge in [-0.2, -0.15) is 0 Å². The fourth-order valence-electron chi connectivity index (χ4n) is 2.09. The average Bonchev–Trinajstić information content (AvgIpc) is 2.92. The van der Waals surface area contributed by atoms with Gasteiger partial charge in [-0.3, -0.25) is 0 Å². The quantitative estimate of drug-likeness (QED) is 0.748. The average molecular weight is 237 g/mol. The molecule has 1 aromatic heterocycles. The summed E-state index contributed by atoms with van der Waals surface area (Å²) in [4.78, 5) is 0. The smallest absolute Gasteiger partial charge is 0.117 e. The zero-order valence-electron chi connectivity index (χ0n) is 10.1. The zero-order chi connectivity index (χ0) is 12.2. The van der Waals surface area contributed by atoms with Crippen molar-refractivity contribution in [1.29, 1.82) is 0 Å². The minimum atomic E-state index is 0.764. The molecule has 0 unspecified atom stereocenters. The Hall–Kier alpha value is -2.06. The van der Waals surface area contributed by atoms with Crippen molar-refractivity contribution in [2.24, 2.45) is 0 Å². The highest BCUT2D eigenvalue weighted by Crippen LogP contribution is 2.15. The normalized spacial score (nSPS) is 10.9. The Labute approximate surface area is 106 Å². The molecule has 2 heteroatoms. The molecular formula is C16H15NO. The molecular weight excluding hydrogens is 222 g/mol. The first-order chi connectivity index (χ1) is 8.92. The molecule has 3 rings (SSSR count). The molecule has 0 spiro atoms. The van der Waals surface area contributed by atoms with E-state index in [0.29, 0.717) is 0 Å². The summed E-state index contributed by atoms with van der Waals surface area (Å²) in [5.41, 5.74) is 1.29. The van der Waals surface area contributed by atoms with Gasteiger partial charge in [-0.05, 0) is 34.5 Å². The number of fused-ring (bicyclic) bond motifs is 1. The molecule has 0 saturated carbocycles. The van der Waals surface area contributed by atoms with E-state index in [9.17, 15) is 0 Å². The summed E-state index contributed by atoms with van der Waals surface area (Å²) < 4.78 is 5.28. The van der Waals surface area contributed by atoms with Crippen LogP contribution in [0.2, 0.25) is 0 Å². The molecule has 1 heterocycles. The first-order valence-corrected chi connectivity index (χ1v) is 6.12. The summed E-state index contributed by atoms with van der Waals surface area (Å²) in [5.74, 6) is 0.968. The first kappa shape index (κ1) is 11.1. The third-order valence-corrected chi connectivity index (χ3v) is 3.02. The number of rotatable bonds is 4. The Morgan fingerprint density at radius 3 is 2.56 bits per heavy atom. The van der Waals surface area contributed by atoms with E-state index in [-0.39, 0.29) is 0 Å². The van der Waals surface area contributed by atoms with Crippen LogP contribution in [0.15, 0.2) is 65.3 Å². The SMILES string of the molecule is c1coc(CNCc2ccc3ccccc3c2)c1. The number of furan rings is 1. The maximum absolute atomic E-state index is 5.28. The highest BCUT2D eigenvalue weighted by molar-refractivity contribution is 5.82. The molecule has 2 nitrogen and oxygen atoms in total. The van der Waals surface area contributed by atoms with Crippen LogP contribution in [0, 0.1) is 0 Å². The lowest BCUT2D eigenvalue weighted by Crippen LogP contribution is -2.11. The Balaban J connectivity index is 1.67.